The van der Waals surface area contributed by atoms with Crippen molar-refractivity contribution in [2.24, 2.45) is 11.7 Å². The fourth-order valence-corrected chi connectivity index (χ4v) is 2.80. The molecule has 104 valence electrons. The lowest BCUT2D eigenvalue weighted by atomic mass is 9.88. The maximum atomic E-state index is 12.5. The average molecular weight is 262 g/mol. The molecule has 3 N–H and O–H groups in total. The second kappa shape index (κ2) is 6.06. The third kappa shape index (κ3) is 3.07. The molecule has 19 heavy (non-hydrogen) atoms. The molecule has 1 aliphatic rings. The number of hydrogen-bond acceptors (Lipinski definition) is 3. The summed E-state index contributed by atoms with van der Waals surface area (Å²) in [6.07, 6.45) is 3.17. The number of phenols is 1. The molecule has 0 aromatic heterocycles. The van der Waals surface area contributed by atoms with Crippen molar-refractivity contribution < 1.29 is 9.90 Å². The molecule has 1 heterocycles. The predicted molar refractivity (Wildman–Crippen MR) is 75.0 cm³/mol. The first-order valence-electron chi connectivity index (χ1n) is 6.95. The van der Waals surface area contributed by atoms with Crippen molar-refractivity contribution in [1.82, 2.24) is 4.90 Å². The van der Waals surface area contributed by atoms with Crippen LogP contribution < -0.4 is 5.73 Å². The molecule has 1 fully saturated rings. The van der Waals surface area contributed by atoms with Gasteiger partial charge in [0.1, 0.15) is 5.75 Å². The van der Waals surface area contributed by atoms with Gasteiger partial charge in [-0.15, -0.1) is 0 Å². The lowest BCUT2D eigenvalue weighted by molar-refractivity contribution is 0.0558. The highest BCUT2D eigenvalue weighted by molar-refractivity contribution is 5.94. The normalized spacial score (nSPS) is 23.4. The van der Waals surface area contributed by atoms with Gasteiger partial charge >= 0.3 is 0 Å². The lowest BCUT2D eigenvalue weighted by Crippen LogP contribution is -2.49. The van der Waals surface area contributed by atoms with E-state index in [1.165, 1.54) is 6.07 Å². The molecule has 0 radical (unpaired) electrons. The van der Waals surface area contributed by atoms with Crippen molar-refractivity contribution in [3.8, 4) is 5.75 Å². The summed E-state index contributed by atoms with van der Waals surface area (Å²) in [5, 5.41) is 9.47. The van der Waals surface area contributed by atoms with E-state index in [4.69, 9.17) is 5.73 Å². The first-order valence-corrected chi connectivity index (χ1v) is 6.95. The standard InChI is InChI=1S/C15H22N2O2/c1-2-11-6-7-17(13(8-11)10-16)15(19)12-4-3-5-14(18)9-12/h3-5,9,11,13,18H,2,6-8,10,16H2,1H3. The van der Waals surface area contributed by atoms with Gasteiger partial charge in [0.05, 0.1) is 0 Å². The van der Waals surface area contributed by atoms with Gasteiger partial charge in [0.25, 0.3) is 5.91 Å². The first kappa shape index (κ1) is 13.9. The highest BCUT2D eigenvalue weighted by Crippen LogP contribution is 2.26. The Kier molecular flexibility index (Phi) is 4.43. The Morgan fingerprint density at radius 1 is 1.53 bits per heavy atom. The molecule has 1 aromatic carbocycles. The van der Waals surface area contributed by atoms with Crippen molar-refractivity contribution in [2.75, 3.05) is 13.1 Å². The SMILES string of the molecule is CCC1CCN(C(=O)c2cccc(O)c2)C(CN)C1. The van der Waals surface area contributed by atoms with Gasteiger partial charge in [-0.25, -0.2) is 0 Å². The number of carbonyl (C=O) groups excluding carboxylic acids is 1. The van der Waals surface area contributed by atoms with Crippen LogP contribution in [-0.2, 0) is 0 Å². The van der Waals surface area contributed by atoms with Gasteiger partial charge in [-0.05, 0) is 37.0 Å². The summed E-state index contributed by atoms with van der Waals surface area (Å²) in [6, 6.07) is 6.64. The number of aromatic hydroxyl groups is 1. The Labute approximate surface area is 114 Å². The van der Waals surface area contributed by atoms with E-state index >= 15 is 0 Å². The molecule has 1 amide bonds. The zero-order valence-corrected chi connectivity index (χ0v) is 11.4. The van der Waals surface area contributed by atoms with Crippen molar-refractivity contribution in [3.05, 3.63) is 29.8 Å². The summed E-state index contributed by atoms with van der Waals surface area (Å²) < 4.78 is 0. The molecule has 1 saturated heterocycles. The molecular formula is C15H22N2O2. The molecule has 0 spiro atoms. The van der Waals surface area contributed by atoms with Crippen LogP contribution in [0.2, 0.25) is 0 Å². The number of hydrogen-bond donors (Lipinski definition) is 2. The smallest absolute Gasteiger partial charge is 0.254 e. The van der Waals surface area contributed by atoms with Crippen LogP contribution in [-0.4, -0.2) is 35.0 Å². The monoisotopic (exact) mass is 262 g/mol. The van der Waals surface area contributed by atoms with Gasteiger partial charge in [-0.2, -0.15) is 0 Å². The number of rotatable bonds is 3. The zero-order valence-electron chi connectivity index (χ0n) is 11.4. The van der Waals surface area contributed by atoms with Gasteiger partial charge in [0.2, 0.25) is 0 Å². The number of piperidine rings is 1. The van der Waals surface area contributed by atoms with Crippen molar-refractivity contribution in [1.29, 1.82) is 0 Å². The Balaban J connectivity index is 2.14. The lowest BCUT2D eigenvalue weighted by Gasteiger charge is -2.39. The maximum Gasteiger partial charge on any atom is 0.254 e. The average Bonchev–Trinajstić information content (AvgIpc) is 2.45. The van der Waals surface area contributed by atoms with Gasteiger partial charge in [0.15, 0.2) is 0 Å². The Morgan fingerprint density at radius 2 is 2.32 bits per heavy atom. The molecule has 2 rings (SSSR count). The molecule has 1 aliphatic heterocycles. The van der Waals surface area contributed by atoms with Crippen LogP contribution in [0.15, 0.2) is 24.3 Å². The Morgan fingerprint density at radius 3 is 2.95 bits per heavy atom. The van der Waals surface area contributed by atoms with Crippen molar-refractivity contribution >= 4 is 5.91 Å². The minimum atomic E-state index is -0.0269. The van der Waals surface area contributed by atoms with E-state index in [1.807, 2.05) is 4.90 Å². The molecule has 1 aromatic rings. The van der Waals surface area contributed by atoms with Crippen molar-refractivity contribution in [2.45, 2.75) is 32.2 Å². The predicted octanol–water partition coefficient (Wildman–Crippen LogP) is 1.98. The number of nitrogens with zero attached hydrogens (tertiary/aromatic N) is 1. The minimum Gasteiger partial charge on any atom is -0.508 e. The Hall–Kier alpha value is -1.55. The Bertz CT molecular complexity index is 448. The topological polar surface area (TPSA) is 66.6 Å². The summed E-state index contributed by atoms with van der Waals surface area (Å²) in [7, 11) is 0. The van der Waals surface area contributed by atoms with Crippen LogP contribution in [0.5, 0.6) is 5.75 Å². The van der Waals surface area contributed by atoms with Crippen LogP contribution in [0, 0.1) is 5.92 Å². The first-order chi connectivity index (χ1) is 9.15. The van der Waals surface area contributed by atoms with E-state index in [-0.39, 0.29) is 17.7 Å². The fourth-order valence-electron chi connectivity index (χ4n) is 2.80. The number of carbonyl (C=O) groups is 1. The molecule has 4 heteroatoms. The third-order valence-electron chi connectivity index (χ3n) is 4.03. The van der Waals surface area contributed by atoms with Gasteiger partial charge in [-0.3, -0.25) is 4.79 Å². The summed E-state index contributed by atoms with van der Waals surface area (Å²) in [6.45, 7) is 3.45. The quantitative estimate of drug-likeness (QED) is 0.875. The minimum absolute atomic E-state index is 0.0269. The van der Waals surface area contributed by atoms with E-state index in [1.54, 1.807) is 18.2 Å². The molecule has 0 saturated carbocycles. The van der Waals surface area contributed by atoms with Crippen LogP contribution in [0.25, 0.3) is 0 Å². The highest BCUT2D eigenvalue weighted by atomic mass is 16.3. The number of likely N-dealkylation sites (tertiary alicyclic amines) is 1. The van der Waals surface area contributed by atoms with E-state index in [9.17, 15) is 9.90 Å². The van der Waals surface area contributed by atoms with E-state index in [0.717, 1.165) is 25.8 Å². The second-order valence-corrected chi connectivity index (χ2v) is 5.24. The molecule has 0 bridgehead atoms. The summed E-state index contributed by atoms with van der Waals surface area (Å²) >= 11 is 0. The fraction of sp³-hybridized carbons (Fsp3) is 0.533. The molecule has 2 atom stereocenters. The molecular weight excluding hydrogens is 240 g/mol. The molecule has 0 aliphatic carbocycles. The summed E-state index contributed by atoms with van der Waals surface area (Å²) in [4.78, 5) is 14.3. The van der Waals surface area contributed by atoms with Gasteiger partial charge in [0, 0.05) is 24.7 Å². The van der Waals surface area contributed by atoms with Crippen LogP contribution >= 0.6 is 0 Å². The number of nitrogens with two attached hydrogens (primary N) is 1. The van der Waals surface area contributed by atoms with Gasteiger partial charge in [-0.1, -0.05) is 19.4 Å². The van der Waals surface area contributed by atoms with E-state index < -0.39 is 0 Å². The second-order valence-electron chi connectivity index (χ2n) is 5.24. The van der Waals surface area contributed by atoms with Crippen LogP contribution in [0.1, 0.15) is 36.5 Å². The zero-order chi connectivity index (χ0) is 13.8. The number of amides is 1. The van der Waals surface area contributed by atoms with Gasteiger partial charge < -0.3 is 15.7 Å². The molecule has 2 unspecified atom stereocenters. The summed E-state index contributed by atoms with van der Waals surface area (Å²) in [5.41, 5.74) is 6.35. The summed E-state index contributed by atoms with van der Waals surface area (Å²) in [5.74, 6) is 0.765. The van der Waals surface area contributed by atoms with E-state index in [2.05, 4.69) is 6.92 Å². The van der Waals surface area contributed by atoms with Crippen LogP contribution in [0.4, 0.5) is 0 Å². The maximum absolute atomic E-state index is 12.5. The number of benzene rings is 1. The highest BCUT2D eigenvalue weighted by Gasteiger charge is 2.30. The van der Waals surface area contributed by atoms with Crippen molar-refractivity contribution in [3.63, 3.8) is 0 Å². The number of phenolic OH excluding ortho intramolecular Hbond substituents is 1. The molecule has 4 nitrogen and oxygen atoms in total. The third-order valence-corrected chi connectivity index (χ3v) is 4.03. The largest absolute Gasteiger partial charge is 0.508 e. The van der Waals surface area contributed by atoms with Crippen LogP contribution in [0.3, 0.4) is 0 Å². The van der Waals surface area contributed by atoms with E-state index in [0.29, 0.717) is 18.0 Å².